The van der Waals surface area contributed by atoms with Crippen molar-refractivity contribution in [3.8, 4) is 0 Å². The van der Waals surface area contributed by atoms with Gasteiger partial charge in [-0.2, -0.15) is 0 Å². The van der Waals surface area contributed by atoms with E-state index in [1.165, 1.54) is 0 Å². The fourth-order valence-electron chi connectivity index (χ4n) is 3.14. The quantitative estimate of drug-likeness (QED) is 0.843. The normalized spacial score (nSPS) is 19.8. The van der Waals surface area contributed by atoms with E-state index in [2.05, 4.69) is 5.32 Å². The van der Waals surface area contributed by atoms with Crippen molar-refractivity contribution < 1.29 is 14.4 Å². The van der Waals surface area contributed by atoms with Crippen LogP contribution in [-0.4, -0.2) is 60.2 Å². The number of carbonyl (C=O) groups is 3. The summed E-state index contributed by atoms with van der Waals surface area (Å²) in [4.78, 5) is 40.0. The van der Waals surface area contributed by atoms with Gasteiger partial charge in [-0.25, -0.2) is 0 Å². The molecule has 0 unspecified atom stereocenters. The second-order valence-corrected chi connectivity index (χ2v) is 7.62. The lowest BCUT2D eigenvalue weighted by Gasteiger charge is -2.36. The zero-order valence-corrected chi connectivity index (χ0v) is 14.6. The first-order valence-electron chi connectivity index (χ1n) is 8.64. The number of carbonyl (C=O) groups excluding carboxylic acids is 3. The topological polar surface area (TPSA) is 69.7 Å². The smallest absolute Gasteiger partial charge is 0.242 e. The van der Waals surface area contributed by atoms with Crippen molar-refractivity contribution in [2.75, 3.05) is 32.7 Å². The number of hydrogen-bond acceptors (Lipinski definition) is 3. The van der Waals surface area contributed by atoms with E-state index in [0.29, 0.717) is 26.2 Å². The molecule has 23 heavy (non-hydrogen) atoms. The lowest BCUT2D eigenvalue weighted by atomic mass is 9.96. The molecule has 130 valence electrons. The fourth-order valence-corrected chi connectivity index (χ4v) is 3.14. The molecule has 1 N–H and O–H groups in total. The molecule has 0 aromatic heterocycles. The van der Waals surface area contributed by atoms with E-state index in [1.54, 1.807) is 4.90 Å². The second kappa shape index (κ2) is 7.32. The van der Waals surface area contributed by atoms with E-state index < -0.39 is 5.41 Å². The van der Waals surface area contributed by atoms with Crippen LogP contribution in [0.5, 0.6) is 0 Å². The van der Waals surface area contributed by atoms with Crippen LogP contribution in [0.15, 0.2) is 0 Å². The molecule has 0 aromatic rings. The van der Waals surface area contributed by atoms with Crippen LogP contribution in [0.3, 0.4) is 0 Å². The van der Waals surface area contributed by atoms with Gasteiger partial charge in [0.05, 0.1) is 6.54 Å². The minimum atomic E-state index is -0.493. The Morgan fingerprint density at radius 3 is 2.00 bits per heavy atom. The fraction of sp³-hybridized carbons (Fsp3) is 0.824. The SMILES string of the molecule is CC(C)(C)C(=O)NCC(=O)N1CCN(C(=O)C2CCCC2)CC1. The first-order chi connectivity index (χ1) is 10.8. The average Bonchev–Trinajstić information content (AvgIpc) is 3.05. The van der Waals surface area contributed by atoms with Gasteiger partial charge < -0.3 is 15.1 Å². The van der Waals surface area contributed by atoms with E-state index in [9.17, 15) is 14.4 Å². The van der Waals surface area contributed by atoms with Gasteiger partial charge >= 0.3 is 0 Å². The monoisotopic (exact) mass is 323 g/mol. The summed E-state index contributed by atoms with van der Waals surface area (Å²) in [6.07, 6.45) is 4.33. The first kappa shape index (κ1) is 17.8. The number of amides is 3. The molecule has 2 rings (SSSR count). The minimum Gasteiger partial charge on any atom is -0.347 e. The van der Waals surface area contributed by atoms with Gasteiger partial charge in [-0.05, 0) is 12.8 Å². The minimum absolute atomic E-state index is 0.0344. The Morgan fingerprint density at radius 2 is 1.48 bits per heavy atom. The van der Waals surface area contributed by atoms with Crippen LogP contribution >= 0.6 is 0 Å². The van der Waals surface area contributed by atoms with Gasteiger partial charge in [0.15, 0.2) is 0 Å². The molecule has 0 spiro atoms. The zero-order valence-electron chi connectivity index (χ0n) is 14.6. The molecule has 1 heterocycles. The highest BCUT2D eigenvalue weighted by Crippen LogP contribution is 2.26. The van der Waals surface area contributed by atoms with Crippen molar-refractivity contribution in [1.82, 2.24) is 15.1 Å². The molecule has 0 radical (unpaired) electrons. The molecular formula is C17H29N3O3. The Kier molecular flexibility index (Phi) is 5.65. The van der Waals surface area contributed by atoms with Crippen LogP contribution in [0, 0.1) is 11.3 Å². The van der Waals surface area contributed by atoms with Gasteiger partial charge in [-0.3, -0.25) is 14.4 Å². The van der Waals surface area contributed by atoms with Crippen LogP contribution < -0.4 is 5.32 Å². The summed E-state index contributed by atoms with van der Waals surface area (Å²) < 4.78 is 0. The summed E-state index contributed by atoms with van der Waals surface area (Å²) in [5.74, 6) is 0.260. The van der Waals surface area contributed by atoms with Crippen molar-refractivity contribution in [3.63, 3.8) is 0 Å². The molecular weight excluding hydrogens is 294 g/mol. The van der Waals surface area contributed by atoms with Crippen molar-refractivity contribution in [3.05, 3.63) is 0 Å². The Bertz CT molecular complexity index is 456. The lowest BCUT2D eigenvalue weighted by Crippen LogP contribution is -2.53. The van der Waals surface area contributed by atoms with Crippen LogP contribution in [0.2, 0.25) is 0 Å². The molecule has 0 bridgehead atoms. The predicted molar refractivity (Wildman–Crippen MR) is 87.6 cm³/mol. The Hall–Kier alpha value is -1.59. The zero-order chi connectivity index (χ0) is 17.0. The molecule has 6 heteroatoms. The highest BCUT2D eigenvalue weighted by atomic mass is 16.2. The molecule has 6 nitrogen and oxygen atoms in total. The summed E-state index contributed by atoms with van der Waals surface area (Å²) >= 11 is 0. The van der Waals surface area contributed by atoms with Crippen molar-refractivity contribution in [2.45, 2.75) is 46.5 Å². The molecule has 1 saturated carbocycles. The lowest BCUT2D eigenvalue weighted by molar-refractivity contribution is -0.142. The third-order valence-electron chi connectivity index (χ3n) is 4.73. The van der Waals surface area contributed by atoms with E-state index >= 15 is 0 Å². The third-order valence-corrected chi connectivity index (χ3v) is 4.73. The molecule has 3 amide bonds. The maximum atomic E-state index is 12.4. The largest absolute Gasteiger partial charge is 0.347 e. The highest BCUT2D eigenvalue weighted by Gasteiger charge is 2.30. The van der Waals surface area contributed by atoms with Gasteiger partial charge in [-0.15, -0.1) is 0 Å². The molecule has 2 fully saturated rings. The average molecular weight is 323 g/mol. The Balaban J connectivity index is 1.74. The van der Waals surface area contributed by atoms with Gasteiger partial charge in [0.1, 0.15) is 0 Å². The van der Waals surface area contributed by atoms with Crippen LogP contribution in [-0.2, 0) is 14.4 Å². The van der Waals surface area contributed by atoms with Crippen LogP contribution in [0.1, 0.15) is 46.5 Å². The van der Waals surface area contributed by atoms with Gasteiger partial charge in [0, 0.05) is 37.5 Å². The maximum Gasteiger partial charge on any atom is 0.242 e. The highest BCUT2D eigenvalue weighted by molar-refractivity contribution is 5.87. The molecule has 1 saturated heterocycles. The van der Waals surface area contributed by atoms with E-state index in [0.717, 1.165) is 25.7 Å². The van der Waals surface area contributed by atoms with Gasteiger partial charge in [-0.1, -0.05) is 33.6 Å². The third kappa shape index (κ3) is 4.69. The number of rotatable bonds is 3. The maximum absolute atomic E-state index is 12.4. The number of hydrogen-bond donors (Lipinski definition) is 1. The Labute approximate surface area is 138 Å². The number of nitrogens with one attached hydrogen (secondary N) is 1. The molecule has 1 aliphatic heterocycles. The molecule has 0 aromatic carbocycles. The van der Waals surface area contributed by atoms with Crippen molar-refractivity contribution in [1.29, 1.82) is 0 Å². The van der Waals surface area contributed by atoms with Crippen LogP contribution in [0.4, 0.5) is 0 Å². The van der Waals surface area contributed by atoms with Crippen molar-refractivity contribution in [2.24, 2.45) is 11.3 Å². The summed E-state index contributed by atoms with van der Waals surface area (Å²) in [6, 6.07) is 0. The molecule has 2 aliphatic rings. The standard InChI is InChI=1S/C17H29N3O3/c1-17(2,3)16(23)18-12-14(21)19-8-10-20(11-9-19)15(22)13-6-4-5-7-13/h13H,4-12H2,1-3H3,(H,18,23). The summed E-state index contributed by atoms with van der Waals surface area (Å²) in [5.41, 5.74) is -0.493. The van der Waals surface area contributed by atoms with E-state index in [4.69, 9.17) is 0 Å². The Morgan fingerprint density at radius 1 is 0.957 bits per heavy atom. The first-order valence-corrected chi connectivity index (χ1v) is 8.64. The predicted octanol–water partition coefficient (Wildman–Crippen LogP) is 1.01. The summed E-state index contributed by atoms with van der Waals surface area (Å²) in [5, 5.41) is 2.69. The number of piperazine rings is 1. The number of nitrogens with zero attached hydrogens (tertiary/aromatic N) is 2. The molecule has 0 atom stereocenters. The summed E-state index contributed by atoms with van der Waals surface area (Å²) in [7, 11) is 0. The van der Waals surface area contributed by atoms with Crippen molar-refractivity contribution >= 4 is 17.7 Å². The van der Waals surface area contributed by atoms with Gasteiger partial charge in [0.2, 0.25) is 17.7 Å². The van der Waals surface area contributed by atoms with E-state index in [-0.39, 0.29) is 30.2 Å². The summed E-state index contributed by atoms with van der Waals surface area (Å²) in [6.45, 7) is 7.82. The molecule has 1 aliphatic carbocycles. The van der Waals surface area contributed by atoms with E-state index in [1.807, 2.05) is 25.7 Å². The van der Waals surface area contributed by atoms with Gasteiger partial charge in [0.25, 0.3) is 0 Å². The van der Waals surface area contributed by atoms with Crippen LogP contribution in [0.25, 0.3) is 0 Å². The second-order valence-electron chi connectivity index (χ2n) is 7.62.